The number of piperidine rings is 1. The number of likely N-dealkylation sites (tertiary alicyclic amines) is 1. The van der Waals surface area contributed by atoms with Gasteiger partial charge in [0.1, 0.15) is 0 Å². The fourth-order valence-electron chi connectivity index (χ4n) is 5.98. The zero-order valence-electron chi connectivity index (χ0n) is 20.6. The van der Waals surface area contributed by atoms with Crippen LogP contribution in [0.1, 0.15) is 60.9 Å². The fourth-order valence-corrected chi connectivity index (χ4v) is 5.98. The van der Waals surface area contributed by atoms with Crippen molar-refractivity contribution < 1.29 is 4.79 Å². The molecule has 4 heteroatoms. The first-order chi connectivity index (χ1) is 17.2. The normalized spacial score (nSPS) is 22.9. The standard InChI is InChI=1S/C31H37N3O/c35-30(28-16-8-9-17-29(28)32-26-14-6-2-7-15-26)33-27-18-20-31(21-19-27,34-22-10-3-11-23-34)24-25-12-4-1-5-13-25/h1-2,4-9,12-17,27,32H,3,10-11,18-24H2,(H,33,35). The Hall–Kier alpha value is -3.11. The van der Waals surface area contributed by atoms with E-state index in [1.807, 2.05) is 54.6 Å². The van der Waals surface area contributed by atoms with E-state index in [9.17, 15) is 4.79 Å². The second-order valence-corrected chi connectivity index (χ2v) is 10.2. The number of nitrogens with one attached hydrogen (secondary N) is 2. The summed E-state index contributed by atoms with van der Waals surface area (Å²) in [7, 11) is 0. The van der Waals surface area contributed by atoms with Crippen molar-refractivity contribution in [2.24, 2.45) is 0 Å². The van der Waals surface area contributed by atoms with E-state index in [4.69, 9.17) is 0 Å². The molecular weight excluding hydrogens is 430 g/mol. The lowest BCUT2D eigenvalue weighted by atomic mass is 9.73. The van der Waals surface area contributed by atoms with Crippen LogP contribution < -0.4 is 10.6 Å². The van der Waals surface area contributed by atoms with Crippen LogP contribution in [-0.4, -0.2) is 35.5 Å². The van der Waals surface area contributed by atoms with Crippen molar-refractivity contribution in [2.45, 2.75) is 62.9 Å². The third kappa shape index (κ3) is 5.76. The van der Waals surface area contributed by atoms with Crippen molar-refractivity contribution in [1.82, 2.24) is 10.2 Å². The van der Waals surface area contributed by atoms with E-state index in [1.54, 1.807) is 0 Å². The number of benzene rings is 3. The van der Waals surface area contributed by atoms with Gasteiger partial charge in [-0.3, -0.25) is 9.69 Å². The van der Waals surface area contributed by atoms with Gasteiger partial charge >= 0.3 is 0 Å². The van der Waals surface area contributed by atoms with Crippen LogP contribution in [0, 0.1) is 0 Å². The maximum atomic E-state index is 13.3. The van der Waals surface area contributed by atoms with Crippen LogP contribution in [0.3, 0.4) is 0 Å². The lowest BCUT2D eigenvalue weighted by Gasteiger charge is -2.50. The first-order valence-corrected chi connectivity index (χ1v) is 13.2. The predicted octanol–water partition coefficient (Wildman–Crippen LogP) is 6.57. The van der Waals surface area contributed by atoms with Crippen molar-refractivity contribution in [2.75, 3.05) is 18.4 Å². The highest BCUT2D eigenvalue weighted by Crippen LogP contribution is 2.38. The van der Waals surface area contributed by atoms with Crippen molar-refractivity contribution >= 4 is 17.3 Å². The Balaban J connectivity index is 1.26. The molecular formula is C31H37N3O. The highest BCUT2D eigenvalue weighted by atomic mass is 16.1. The van der Waals surface area contributed by atoms with Gasteiger partial charge in [0.05, 0.1) is 11.3 Å². The molecule has 2 N–H and O–H groups in total. The molecule has 1 saturated heterocycles. The number of para-hydroxylation sites is 2. The molecule has 0 bridgehead atoms. The van der Waals surface area contributed by atoms with E-state index >= 15 is 0 Å². The monoisotopic (exact) mass is 467 g/mol. The van der Waals surface area contributed by atoms with Gasteiger partial charge in [-0.2, -0.15) is 0 Å². The summed E-state index contributed by atoms with van der Waals surface area (Å²) in [5, 5.41) is 6.77. The first-order valence-electron chi connectivity index (χ1n) is 13.2. The Bertz CT molecular complexity index is 1080. The van der Waals surface area contributed by atoms with E-state index in [2.05, 4.69) is 45.9 Å². The van der Waals surface area contributed by atoms with Gasteiger partial charge in [-0.15, -0.1) is 0 Å². The number of anilines is 2. The number of amides is 1. The quantitative estimate of drug-likeness (QED) is 0.413. The summed E-state index contributed by atoms with van der Waals surface area (Å²) < 4.78 is 0. The minimum atomic E-state index is 0.0163. The Kier molecular flexibility index (Phi) is 7.48. The maximum Gasteiger partial charge on any atom is 0.253 e. The molecule has 1 aliphatic heterocycles. The van der Waals surface area contributed by atoms with Crippen molar-refractivity contribution in [3.8, 4) is 0 Å². The Morgan fingerprint density at radius 1 is 0.800 bits per heavy atom. The van der Waals surface area contributed by atoms with Crippen molar-refractivity contribution in [3.05, 3.63) is 96.1 Å². The second-order valence-electron chi connectivity index (χ2n) is 10.2. The Morgan fingerprint density at radius 2 is 1.43 bits per heavy atom. The molecule has 5 rings (SSSR count). The van der Waals surface area contributed by atoms with Gasteiger partial charge in [0.15, 0.2) is 0 Å². The van der Waals surface area contributed by atoms with Gasteiger partial charge in [0.25, 0.3) is 5.91 Å². The minimum Gasteiger partial charge on any atom is -0.355 e. The van der Waals surface area contributed by atoms with Gasteiger partial charge in [0, 0.05) is 17.3 Å². The molecule has 1 heterocycles. The van der Waals surface area contributed by atoms with Crippen LogP contribution in [0.4, 0.5) is 11.4 Å². The zero-order valence-corrected chi connectivity index (χ0v) is 20.6. The summed E-state index contributed by atoms with van der Waals surface area (Å²) in [6.07, 6.45) is 9.41. The Morgan fingerprint density at radius 3 is 2.14 bits per heavy atom. The summed E-state index contributed by atoms with van der Waals surface area (Å²) in [4.78, 5) is 16.1. The molecule has 2 aliphatic rings. The molecule has 0 radical (unpaired) electrons. The summed E-state index contributed by atoms with van der Waals surface area (Å²) >= 11 is 0. The van der Waals surface area contributed by atoms with Crippen LogP contribution in [0.2, 0.25) is 0 Å². The average molecular weight is 468 g/mol. The van der Waals surface area contributed by atoms with Gasteiger partial charge in [-0.25, -0.2) is 0 Å². The van der Waals surface area contributed by atoms with Crippen LogP contribution in [-0.2, 0) is 6.42 Å². The van der Waals surface area contributed by atoms with E-state index in [1.165, 1.54) is 37.9 Å². The molecule has 182 valence electrons. The number of carbonyl (C=O) groups is 1. The molecule has 2 fully saturated rings. The molecule has 0 unspecified atom stereocenters. The number of hydrogen-bond acceptors (Lipinski definition) is 3. The van der Waals surface area contributed by atoms with Crippen molar-refractivity contribution in [3.63, 3.8) is 0 Å². The molecule has 0 aromatic heterocycles. The van der Waals surface area contributed by atoms with Crippen LogP contribution in [0.5, 0.6) is 0 Å². The summed E-state index contributed by atoms with van der Waals surface area (Å²) in [5.74, 6) is 0.0163. The first kappa shape index (κ1) is 23.6. The molecule has 1 saturated carbocycles. The number of nitrogens with zero attached hydrogens (tertiary/aromatic N) is 1. The smallest absolute Gasteiger partial charge is 0.253 e. The van der Waals surface area contributed by atoms with E-state index in [0.29, 0.717) is 5.56 Å². The molecule has 1 aliphatic carbocycles. The highest BCUT2D eigenvalue weighted by molar-refractivity contribution is 6.00. The molecule has 35 heavy (non-hydrogen) atoms. The molecule has 1 amide bonds. The highest BCUT2D eigenvalue weighted by Gasteiger charge is 2.41. The Labute approximate surface area is 209 Å². The summed E-state index contributed by atoms with van der Waals surface area (Å²) in [5.41, 5.74) is 4.18. The van der Waals surface area contributed by atoms with E-state index < -0.39 is 0 Å². The van der Waals surface area contributed by atoms with Crippen molar-refractivity contribution in [1.29, 1.82) is 0 Å². The predicted molar refractivity (Wildman–Crippen MR) is 144 cm³/mol. The molecule has 4 nitrogen and oxygen atoms in total. The SMILES string of the molecule is O=C(NC1CCC(Cc2ccccc2)(N2CCCCC2)CC1)c1ccccc1Nc1ccccc1. The average Bonchev–Trinajstić information content (AvgIpc) is 2.92. The third-order valence-corrected chi connectivity index (χ3v) is 7.88. The zero-order chi connectivity index (χ0) is 23.9. The molecule has 3 aromatic rings. The van der Waals surface area contributed by atoms with Gasteiger partial charge in [-0.1, -0.05) is 67.1 Å². The minimum absolute atomic E-state index is 0.0163. The molecule has 3 aromatic carbocycles. The fraction of sp³-hybridized carbons (Fsp3) is 0.387. The van der Waals surface area contributed by atoms with E-state index in [0.717, 1.165) is 43.5 Å². The van der Waals surface area contributed by atoms with Gasteiger partial charge in [0.2, 0.25) is 0 Å². The third-order valence-electron chi connectivity index (χ3n) is 7.88. The summed E-state index contributed by atoms with van der Waals surface area (Å²) in [6.45, 7) is 2.42. The number of hydrogen-bond donors (Lipinski definition) is 2. The van der Waals surface area contributed by atoms with Crippen LogP contribution >= 0.6 is 0 Å². The van der Waals surface area contributed by atoms with Crippen LogP contribution in [0.25, 0.3) is 0 Å². The maximum absolute atomic E-state index is 13.3. The topological polar surface area (TPSA) is 44.4 Å². The lowest BCUT2D eigenvalue weighted by Crippen LogP contribution is -2.56. The molecule has 0 atom stereocenters. The molecule has 0 spiro atoms. The van der Waals surface area contributed by atoms with Gasteiger partial charge in [-0.05, 0) is 87.9 Å². The summed E-state index contributed by atoms with van der Waals surface area (Å²) in [6, 6.07) is 29.0. The van der Waals surface area contributed by atoms with Gasteiger partial charge < -0.3 is 10.6 Å². The second kappa shape index (κ2) is 11.1. The van der Waals surface area contributed by atoms with E-state index in [-0.39, 0.29) is 17.5 Å². The largest absolute Gasteiger partial charge is 0.355 e. The number of carbonyl (C=O) groups excluding carboxylic acids is 1. The number of rotatable bonds is 7. The van der Waals surface area contributed by atoms with Crippen LogP contribution in [0.15, 0.2) is 84.9 Å². The lowest BCUT2D eigenvalue weighted by molar-refractivity contribution is 0.0260.